The lowest BCUT2D eigenvalue weighted by molar-refractivity contribution is -0.327. The number of benzene rings is 2. The van der Waals surface area contributed by atoms with Gasteiger partial charge in [0.1, 0.15) is 42.7 Å². The highest BCUT2D eigenvalue weighted by Crippen LogP contribution is 2.41. The van der Waals surface area contributed by atoms with E-state index in [2.05, 4.69) is 6.07 Å². The van der Waals surface area contributed by atoms with Crippen LogP contribution in [0.3, 0.4) is 0 Å². The van der Waals surface area contributed by atoms with E-state index in [9.17, 15) is 20.7 Å². The van der Waals surface area contributed by atoms with Gasteiger partial charge in [-0.05, 0) is 18.1 Å². The Bertz CT molecular complexity index is 1060. The lowest BCUT2D eigenvalue weighted by Gasteiger charge is -2.47. The number of anilines is 1. The molecule has 0 amide bonds. The van der Waals surface area contributed by atoms with Gasteiger partial charge in [0, 0.05) is 11.1 Å². The Morgan fingerprint density at radius 1 is 1.06 bits per heavy atom. The van der Waals surface area contributed by atoms with E-state index in [1.165, 1.54) is 0 Å². The van der Waals surface area contributed by atoms with E-state index in [1.807, 2.05) is 43.3 Å². The molecular weight excluding hydrogens is 410 g/mol. The number of nitrogens with zero attached hydrogens (tertiary/aromatic N) is 2. The first-order valence-corrected chi connectivity index (χ1v) is 10.6. The Labute approximate surface area is 186 Å². The smallest absolute Gasteiger partial charge is 0.158 e. The summed E-state index contributed by atoms with van der Waals surface area (Å²) >= 11 is 0. The number of fused-ring (bicyclic) bond motifs is 1. The maximum Gasteiger partial charge on any atom is 0.158 e. The SMILES string of the molecule is CCCC1OC[C@H]2O[C@@H](c3cc(-c4ccccc4)c(C#N)c(N)c3C#N)[C@H](O)[C@@H](O)[C@@H]2O1. The fourth-order valence-electron chi connectivity index (χ4n) is 4.34. The van der Waals surface area contributed by atoms with Crippen LogP contribution in [0.25, 0.3) is 11.1 Å². The van der Waals surface area contributed by atoms with Crippen LogP contribution in [-0.2, 0) is 14.2 Å². The summed E-state index contributed by atoms with van der Waals surface area (Å²) in [5.41, 5.74) is 8.01. The molecule has 0 radical (unpaired) electrons. The molecule has 166 valence electrons. The molecule has 4 N–H and O–H groups in total. The highest BCUT2D eigenvalue weighted by molar-refractivity contribution is 5.82. The van der Waals surface area contributed by atoms with Crippen LogP contribution < -0.4 is 5.73 Å². The highest BCUT2D eigenvalue weighted by atomic mass is 16.7. The summed E-state index contributed by atoms with van der Waals surface area (Å²) in [5, 5.41) is 41.3. The van der Waals surface area contributed by atoms with Gasteiger partial charge < -0.3 is 30.2 Å². The molecule has 0 spiro atoms. The zero-order valence-corrected chi connectivity index (χ0v) is 17.6. The summed E-state index contributed by atoms with van der Waals surface area (Å²) in [6.07, 6.45) is -3.98. The first kappa shape index (κ1) is 22.2. The Hall–Kier alpha value is -2.98. The third-order valence-electron chi connectivity index (χ3n) is 5.98. The van der Waals surface area contributed by atoms with E-state index in [0.29, 0.717) is 17.5 Å². The van der Waals surface area contributed by atoms with Crippen LogP contribution in [0.4, 0.5) is 5.69 Å². The Kier molecular flexibility index (Phi) is 6.43. The maximum atomic E-state index is 10.9. The van der Waals surface area contributed by atoms with Crippen molar-refractivity contribution < 1.29 is 24.4 Å². The molecule has 2 aromatic carbocycles. The van der Waals surface area contributed by atoms with Gasteiger partial charge in [-0.15, -0.1) is 0 Å². The Morgan fingerprint density at radius 3 is 2.44 bits per heavy atom. The second-order valence-corrected chi connectivity index (χ2v) is 8.00. The topological polar surface area (TPSA) is 142 Å². The van der Waals surface area contributed by atoms with Crippen molar-refractivity contribution in [3.05, 3.63) is 53.1 Å². The van der Waals surface area contributed by atoms with Crippen molar-refractivity contribution >= 4 is 5.69 Å². The van der Waals surface area contributed by atoms with E-state index >= 15 is 0 Å². The first-order chi connectivity index (χ1) is 15.5. The van der Waals surface area contributed by atoms with Gasteiger partial charge in [-0.1, -0.05) is 43.7 Å². The number of nitrogens with two attached hydrogens (primary N) is 1. The van der Waals surface area contributed by atoms with Crippen molar-refractivity contribution in [2.24, 2.45) is 0 Å². The van der Waals surface area contributed by atoms with Gasteiger partial charge in [0.05, 0.1) is 23.4 Å². The van der Waals surface area contributed by atoms with Gasteiger partial charge >= 0.3 is 0 Å². The summed E-state index contributed by atoms with van der Waals surface area (Å²) in [5.74, 6) is 0. The van der Waals surface area contributed by atoms with Crippen molar-refractivity contribution in [3.8, 4) is 23.3 Å². The molecule has 8 nitrogen and oxygen atoms in total. The number of aliphatic hydroxyl groups excluding tert-OH is 2. The minimum absolute atomic E-state index is 0.0120. The number of rotatable bonds is 4. The minimum atomic E-state index is -1.36. The van der Waals surface area contributed by atoms with E-state index in [4.69, 9.17) is 19.9 Å². The predicted octanol–water partition coefficient (Wildman–Crippen LogP) is 2.38. The van der Waals surface area contributed by atoms with Crippen LogP contribution in [0.5, 0.6) is 0 Å². The first-order valence-electron chi connectivity index (χ1n) is 10.6. The molecule has 0 aromatic heterocycles. The summed E-state index contributed by atoms with van der Waals surface area (Å²) in [7, 11) is 0. The number of nitrogen functional groups attached to an aromatic ring is 1. The van der Waals surface area contributed by atoms with Crippen LogP contribution in [0.1, 0.15) is 42.6 Å². The van der Waals surface area contributed by atoms with Gasteiger partial charge in [-0.25, -0.2) is 0 Å². The maximum absolute atomic E-state index is 10.9. The molecule has 2 fully saturated rings. The highest BCUT2D eigenvalue weighted by Gasteiger charge is 2.49. The fourth-order valence-corrected chi connectivity index (χ4v) is 4.34. The number of nitriles is 2. The van der Waals surface area contributed by atoms with Crippen molar-refractivity contribution in [1.82, 2.24) is 0 Å². The normalized spacial score (nSPS) is 29.5. The van der Waals surface area contributed by atoms with E-state index < -0.39 is 36.8 Å². The third kappa shape index (κ3) is 3.84. The summed E-state index contributed by atoms with van der Waals surface area (Å²) in [4.78, 5) is 0. The number of hydrogen-bond acceptors (Lipinski definition) is 8. The minimum Gasteiger partial charge on any atom is -0.397 e. The van der Waals surface area contributed by atoms with Crippen molar-refractivity contribution in [3.63, 3.8) is 0 Å². The molecule has 6 atom stereocenters. The standard InChI is InChI=1S/C24H25N3O5/c1-2-6-19-30-12-18-24(32-19)22(29)21(28)23(31-18)15-9-14(13-7-4-3-5-8-13)16(10-25)20(27)17(15)11-26/h3-5,7-9,18-19,21-24,28-29H,2,6,12,27H2,1H3/t18-,19?,21-,22-,23+,24-/m1/s1. The van der Waals surface area contributed by atoms with E-state index in [0.717, 1.165) is 12.0 Å². The Morgan fingerprint density at radius 2 is 1.78 bits per heavy atom. The second kappa shape index (κ2) is 9.25. The van der Waals surface area contributed by atoms with E-state index in [-0.39, 0.29) is 23.4 Å². The van der Waals surface area contributed by atoms with Gasteiger partial charge in [-0.3, -0.25) is 0 Å². The molecule has 4 rings (SSSR count). The van der Waals surface area contributed by atoms with E-state index in [1.54, 1.807) is 6.07 Å². The quantitative estimate of drug-likeness (QED) is 0.622. The molecule has 0 saturated carbocycles. The van der Waals surface area contributed by atoms with Crippen LogP contribution in [0, 0.1) is 22.7 Å². The molecule has 1 unspecified atom stereocenters. The molecule has 8 heteroatoms. The molecule has 2 aliphatic rings. The van der Waals surface area contributed by atoms with Crippen molar-refractivity contribution in [2.45, 2.75) is 56.6 Å². The summed E-state index contributed by atoms with van der Waals surface area (Å²) in [6.45, 7) is 2.19. The summed E-state index contributed by atoms with van der Waals surface area (Å²) in [6, 6.07) is 14.9. The fraction of sp³-hybridized carbons (Fsp3) is 0.417. The Balaban J connectivity index is 1.76. The van der Waals surface area contributed by atoms with Crippen molar-refractivity contribution in [2.75, 3.05) is 12.3 Å². The van der Waals surface area contributed by atoms with Gasteiger partial charge in [0.2, 0.25) is 0 Å². The number of hydrogen-bond donors (Lipinski definition) is 3. The predicted molar refractivity (Wildman–Crippen MR) is 115 cm³/mol. The molecule has 0 aliphatic carbocycles. The molecular formula is C24H25N3O5. The second-order valence-electron chi connectivity index (χ2n) is 8.00. The average molecular weight is 435 g/mol. The number of ether oxygens (including phenoxy) is 3. The number of aliphatic hydroxyl groups is 2. The summed E-state index contributed by atoms with van der Waals surface area (Å²) < 4.78 is 17.6. The molecule has 2 aliphatic heterocycles. The van der Waals surface area contributed by atoms with Crippen molar-refractivity contribution in [1.29, 1.82) is 10.5 Å². The van der Waals surface area contributed by atoms with Crippen LogP contribution in [0.15, 0.2) is 36.4 Å². The molecule has 2 heterocycles. The lowest BCUT2D eigenvalue weighted by Crippen LogP contribution is -2.60. The third-order valence-corrected chi connectivity index (χ3v) is 5.98. The largest absolute Gasteiger partial charge is 0.397 e. The molecule has 2 saturated heterocycles. The monoisotopic (exact) mass is 435 g/mol. The zero-order chi connectivity index (χ0) is 22.8. The van der Waals surface area contributed by atoms with Gasteiger partial charge in [0.15, 0.2) is 6.29 Å². The molecule has 32 heavy (non-hydrogen) atoms. The average Bonchev–Trinajstić information content (AvgIpc) is 2.82. The zero-order valence-electron chi connectivity index (χ0n) is 17.6. The molecule has 0 bridgehead atoms. The van der Waals surface area contributed by atoms with Gasteiger partial charge in [0.25, 0.3) is 0 Å². The molecule has 2 aromatic rings. The van der Waals surface area contributed by atoms with Crippen LogP contribution >= 0.6 is 0 Å². The van der Waals surface area contributed by atoms with Gasteiger partial charge in [-0.2, -0.15) is 10.5 Å². The lowest BCUT2D eigenvalue weighted by atomic mass is 9.85. The van der Waals surface area contributed by atoms with Crippen LogP contribution in [-0.4, -0.2) is 47.5 Å². The van der Waals surface area contributed by atoms with Crippen LogP contribution in [0.2, 0.25) is 0 Å².